The Kier molecular flexibility index (Phi) is 3.49. The summed E-state index contributed by atoms with van der Waals surface area (Å²) in [5, 5.41) is 3.62. The Morgan fingerprint density at radius 1 is 1.35 bits per heavy atom. The quantitative estimate of drug-likeness (QED) is 0.822. The molecule has 4 heteroatoms. The minimum atomic E-state index is -0.200. The topological polar surface area (TPSA) is 49.9 Å². The molecule has 2 N–H and O–H groups in total. The van der Waals surface area contributed by atoms with Gasteiger partial charge in [-0.1, -0.05) is 18.2 Å². The van der Waals surface area contributed by atoms with E-state index in [4.69, 9.17) is 4.74 Å². The van der Waals surface area contributed by atoms with Crippen LogP contribution in [0.2, 0.25) is 0 Å². The molecule has 0 fully saturated rings. The average molecular weight is 271 g/mol. The first-order chi connectivity index (χ1) is 9.67. The van der Waals surface area contributed by atoms with Gasteiger partial charge in [0.1, 0.15) is 17.2 Å². The van der Waals surface area contributed by atoms with E-state index in [2.05, 4.69) is 41.3 Å². The zero-order chi connectivity index (χ0) is 14.0. The molecule has 0 spiro atoms. The lowest BCUT2D eigenvalue weighted by Gasteiger charge is -2.27. The molecule has 20 heavy (non-hydrogen) atoms. The second kappa shape index (κ2) is 5.29. The lowest BCUT2D eigenvalue weighted by molar-refractivity contribution is 0.0965. The van der Waals surface area contributed by atoms with Gasteiger partial charge in [0.15, 0.2) is 0 Å². The van der Waals surface area contributed by atoms with Gasteiger partial charge in [-0.3, -0.25) is 0 Å². The van der Waals surface area contributed by atoms with Crippen LogP contribution in [0.5, 0.6) is 5.75 Å². The molecule has 1 aliphatic rings. The number of para-hydroxylation sites is 1. The lowest BCUT2D eigenvalue weighted by Crippen LogP contribution is -2.39. The average Bonchev–Trinajstić information content (AvgIpc) is 3.00. The van der Waals surface area contributed by atoms with E-state index in [0.29, 0.717) is 0 Å². The monoisotopic (exact) mass is 271 g/mol. The summed E-state index contributed by atoms with van der Waals surface area (Å²) in [7, 11) is 0. The number of ether oxygens (including phenoxy) is 1. The van der Waals surface area contributed by atoms with Crippen molar-refractivity contribution in [1.29, 1.82) is 0 Å². The predicted octanol–water partition coefficient (Wildman–Crippen LogP) is 2.84. The fourth-order valence-corrected chi connectivity index (χ4v) is 2.82. The van der Waals surface area contributed by atoms with Crippen LogP contribution >= 0.6 is 0 Å². The van der Waals surface area contributed by atoms with Gasteiger partial charge in [0, 0.05) is 24.4 Å². The fraction of sp³-hybridized carbons (Fsp3) is 0.438. The number of hydrogen-bond donors (Lipinski definition) is 2. The summed E-state index contributed by atoms with van der Waals surface area (Å²) in [6.07, 6.45) is 5.69. The molecule has 0 saturated carbocycles. The molecule has 1 atom stereocenters. The molecule has 0 radical (unpaired) electrons. The van der Waals surface area contributed by atoms with Crippen molar-refractivity contribution in [3.63, 3.8) is 0 Å². The van der Waals surface area contributed by atoms with Gasteiger partial charge in [0.2, 0.25) is 0 Å². The second-order valence-corrected chi connectivity index (χ2v) is 5.77. The highest BCUT2D eigenvalue weighted by Gasteiger charge is 2.40. The number of nitrogens with one attached hydrogen (secondary N) is 2. The first-order valence-corrected chi connectivity index (χ1v) is 7.16. The van der Waals surface area contributed by atoms with Gasteiger partial charge < -0.3 is 15.0 Å². The van der Waals surface area contributed by atoms with Crippen molar-refractivity contribution in [3.05, 3.63) is 48.0 Å². The summed E-state index contributed by atoms with van der Waals surface area (Å²) in [5.74, 6) is 2.05. The highest BCUT2D eigenvalue weighted by Crippen LogP contribution is 2.42. The zero-order valence-corrected chi connectivity index (χ0v) is 12.0. The van der Waals surface area contributed by atoms with Gasteiger partial charge in [-0.2, -0.15) is 0 Å². The maximum absolute atomic E-state index is 6.03. The number of fused-ring (bicyclic) bond motifs is 1. The minimum Gasteiger partial charge on any atom is -0.486 e. The molecule has 1 aliphatic heterocycles. The zero-order valence-electron chi connectivity index (χ0n) is 12.0. The lowest BCUT2D eigenvalue weighted by atomic mass is 9.94. The maximum Gasteiger partial charge on any atom is 0.125 e. The Labute approximate surface area is 119 Å². The largest absolute Gasteiger partial charge is 0.486 e. The van der Waals surface area contributed by atoms with E-state index in [1.165, 1.54) is 5.56 Å². The maximum atomic E-state index is 6.03. The first kappa shape index (κ1) is 13.2. The number of aryl methyl sites for hydroxylation is 1. The van der Waals surface area contributed by atoms with Crippen molar-refractivity contribution in [1.82, 2.24) is 15.3 Å². The summed E-state index contributed by atoms with van der Waals surface area (Å²) in [6, 6.07) is 8.53. The van der Waals surface area contributed by atoms with Gasteiger partial charge in [0.05, 0.1) is 6.04 Å². The second-order valence-electron chi connectivity index (χ2n) is 5.77. The third-order valence-electron chi connectivity index (χ3n) is 3.79. The number of hydrogen-bond acceptors (Lipinski definition) is 3. The van der Waals surface area contributed by atoms with Crippen LogP contribution in [0.3, 0.4) is 0 Å². The van der Waals surface area contributed by atoms with Crippen molar-refractivity contribution >= 4 is 0 Å². The minimum absolute atomic E-state index is 0.200. The van der Waals surface area contributed by atoms with E-state index in [0.717, 1.165) is 31.0 Å². The molecule has 1 unspecified atom stereocenters. The Morgan fingerprint density at radius 2 is 2.20 bits per heavy atom. The molecule has 0 bridgehead atoms. The molecule has 2 aromatic rings. The van der Waals surface area contributed by atoms with Crippen molar-refractivity contribution in [2.24, 2.45) is 0 Å². The van der Waals surface area contributed by atoms with Crippen molar-refractivity contribution < 1.29 is 4.74 Å². The molecule has 2 heterocycles. The van der Waals surface area contributed by atoms with E-state index in [-0.39, 0.29) is 11.6 Å². The smallest absolute Gasteiger partial charge is 0.125 e. The first-order valence-electron chi connectivity index (χ1n) is 7.16. The normalized spacial score (nSPS) is 19.6. The number of benzene rings is 1. The van der Waals surface area contributed by atoms with Crippen LogP contribution in [-0.4, -0.2) is 22.1 Å². The van der Waals surface area contributed by atoms with E-state index in [1.807, 2.05) is 18.3 Å². The number of H-pyrrole nitrogens is 1. The molecule has 1 aromatic heterocycles. The Balaban J connectivity index is 1.59. The molecule has 1 aromatic carbocycles. The van der Waals surface area contributed by atoms with Crippen LogP contribution in [0, 0.1) is 0 Å². The SMILES string of the molecule is CC1(C)Oc2ccccc2C1NCCCc1ncc[nH]1. The molecule has 106 valence electrons. The number of aromatic nitrogens is 2. The summed E-state index contributed by atoms with van der Waals surface area (Å²) < 4.78 is 6.03. The van der Waals surface area contributed by atoms with Crippen molar-refractivity contribution in [2.75, 3.05) is 6.54 Å². The molecular formula is C16H21N3O. The fourth-order valence-electron chi connectivity index (χ4n) is 2.82. The van der Waals surface area contributed by atoms with Gasteiger partial charge >= 0.3 is 0 Å². The van der Waals surface area contributed by atoms with E-state index < -0.39 is 0 Å². The molecule has 3 rings (SSSR count). The van der Waals surface area contributed by atoms with E-state index >= 15 is 0 Å². The standard InChI is InChI=1S/C16H21N3O/c1-16(2)15(12-6-3-4-7-13(12)20-16)19-9-5-8-14-17-10-11-18-14/h3-4,6-7,10-11,15,19H,5,8-9H2,1-2H3,(H,17,18). The molecular weight excluding hydrogens is 250 g/mol. The van der Waals surface area contributed by atoms with Crippen LogP contribution < -0.4 is 10.1 Å². The predicted molar refractivity (Wildman–Crippen MR) is 78.8 cm³/mol. The van der Waals surface area contributed by atoms with Crippen LogP contribution in [0.4, 0.5) is 0 Å². The van der Waals surface area contributed by atoms with E-state index in [1.54, 1.807) is 6.20 Å². The van der Waals surface area contributed by atoms with Crippen molar-refractivity contribution in [3.8, 4) is 5.75 Å². The number of aromatic amines is 1. The van der Waals surface area contributed by atoms with Gasteiger partial charge in [-0.15, -0.1) is 0 Å². The third-order valence-corrected chi connectivity index (χ3v) is 3.79. The Bertz CT molecular complexity index is 563. The van der Waals surface area contributed by atoms with Gasteiger partial charge in [0.25, 0.3) is 0 Å². The van der Waals surface area contributed by atoms with Gasteiger partial charge in [-0.05, 0) is 32.9 Å². The highest BCUT2D eigenvalue weighted by molar-refractivity contribution is 5.42. The summed E-state index contributed by atoms with van der Waals surface area (Å²) >= 11 is 0. The molecule has 0 saturated heterocycles. The Morgan fingerprint density at radius 3 is 3.00 bits per heavy atom. The third kappa shape index (κ3) is 2.56. The van der Waals surface area contributed by atoms with Crippen LogP contribution in [0.25, 0.3) is 0 Å². The van der Waals surface area contributed by atoms with E-state index in [9.17, 15) is 0 Å². The number of rotatable bonds is 5. The van der Waals surface area contributed by atoms with Crippen LogP contribution in [-0.2, 0) is 6.42 Å². The van der Waals surface area contributed by atoms with Gasteiger partial charge in [-0.25, -0.2) is 4.98 Å². The summed E-state index contributed by atoms with van der Waals surface area (Å²) in [6.45, 7) is 5.22. The molecule has 0 aliphatic carbocycles. The molecule has 0 amide bonds. The summed E-state index contributed by atoms with van der Waals surface area (Å²) in [4.78, 5) is 7.38. The number of nitrogens with zero attached hydrogens (tertiary/aromatic N) is 1. The molecule has 4 nitrogen and oxygen atoms in total. The summed E-state index contributed by atoms with van der Waals surface area (Å²) in [5.41, 5.74) is 1.06. The highest BCUT2D eigenvalue weighted by atomic mass is 16.5. The number of imidazole rings is 1. The van der Waals surface area contributed by atoms with Crippen molar-refractivity contribution in [2.45, 2.75) is 38.3 Å². The van der Waals surface area contributed by atoms with Crippen LogP contribution in [0.1, 0.15) is 37.7 Å². The van der Waals surface area contributed by atoms with Crippen LogP contribution in [0.15, 0.2) is 36.7 Å². The Hall–Kier alpha value is -1.81.